The molecule has 25 heavy (non-hydrogen) atoms. The SMILES string of the molecule is C=C(CC(C)C)c1c(Cl)cc(F)c2nc(F)nc(NCCN(C)P)c12. The zero-order valence-electron chi connectivity index (χ0n) is 14.5. The lowest BCUT2D eigenvalue weighted by atomic mass is 9.94. The lowest BCUT2D eigenvalue weighted by Gasteiger charge is -2.17. The molecule has 1 N–H and O–H groups in total. The molecule has 1 atom stereocenters. The van der Waals surface area contributed by atoms with Crippen molar-refractivity contribution < 1.29 is 8.78 Å². The zero-order chi connectivity index (χ0) is 18.7. The van der Waals surface area contributed by atoms with Gasteiger partial charge in [-0.05, 0) is 31.0 Å². The second kappa shape index (κ2) is 8.35. The van der Waals surface area contributed by atoms with Crippen LogP contribution in [0.25, 0.3) is 16.5 Å². The van der Waals surface area contributed by atoms with Gasteiger partial charge in [-0.1, -0.05) is 41.4 Å². The molecule has 8 heteroatoms. The van der Waals surface area contributed by atoms with Crippen LogP contribution in [0.2, 0.25) is 5.02 Å². The summed E-state index contributed by atoms with van der Waals surface area (Å²) in [5.41, 5.74) is 1.21. The van der Waals surface area contributed by atoms with Gasteiger partial charge in [0.05, 0.1) is 10.4 Å². The Balaban J connectivity index is 2.64. The lowest BCUT2D eigenvalue weighted by Crippen LogP contribution is -2.17. The number of anilines is 1. The largest absolute Gasteiger partial charge is 0.368 e. The van der Waals surface area contributed by atoms with Crippen LogP contribution in [0.3, 0.4) is 0 Å². The van der Waals surface area contributed by atoms with Gasteiger partial charge in [0.2, 0.25) is 0 Å². The lowest BCUT2D eigenvalue weighted by molar-refractivity contribution is 0.540. The molecule has 1 heterocycles. The summed E-state index contributed by atoms with van der Waals surface area (Å²) in [6.07, 6.45) is -0.318. The first-order valence-corrected chi connectivity index (χ1v) is 8.83. The molecule has 2 rings (SSSR count). The fourth-order valence-corrected chi connectivity index (χ4v) is 3.09. The van der Waals surface area contributed by atoms with Crippen LogP contribution in [0.5, 0.6) is 0 Å². The second-order valence-electron chi connectivity index (χ2n) is 6.39. The van der Waals surface area contributed by atoms with Gasteiger partial charge in [-0.2, -0.15) is 14.4 Å². The van der Waals surface area contributed by atoms with Gasteiger partial charge in [0.1, 0.15) is 11.3 Å². The number of aromatic nitrogens is 2. The van der Waals surface area contributed by atoms with Gasteiger partial charge in [0.25, 0.3) is 0 Å². The van der Waals surface area contributed by atoms with E-state index in [0.717, 1.165) is 11.6 Å². The number of nitrogens with one attached hydrogen (secondary N) is 1. The highest BCUT2D eigenvalue weighted by atomic mass is 35.5. The molecule has 0 fully saturated rings. The standard InChI is InChI=1S/C17H22ClF2N4P/c1-9(2)7-10(3)13-11(18)8-12(19)15-14(13)16(23-17(20)22-15)21-5-6-24(4)25/h8-9H,3,5-7,25H2,1-2,4H3,(H,21,22,23). The van der Waals surface area contributed by atoms with E-state index in [1.165, 1.54) is 0 Å². The molecule has 4 nitrogen and oxygen atoms in total. The van der Waals surface area contributed by atoms with Gasteiger partial charge in [-0.25, -0.2) is 4.39 Å². The van der Waals surface area contributed by atoms with Crippen molar-refractivity contribution in [2.24, 2.45) is 5.92 Å². The fourth-order valence-electron chi connectivity index (χ4n) is 2.63. The number of hydrogen-bond acceptors (Lipinski definition) is 4. The van der Waals surface area contributed by atoms with E-state index < -0.39 is 11.9 Å². The van der Waals surface area contributed by atoms with Crippen molar-refractivity contribution >= 4 is 43.3 Å². The predicted octanol–water partition coefficient (Wildman–Crippen LogP) is 4.75. The summed E-state index contributed by atoms with van der Waals surface area (Å²) >= 11 is 6.29. The first kappa shape index (κ1) is 20.0. The summed E-state index contributed by atoms with van der Waals surface area (Å²) in [6, 6.07) is 1.15. The monoisotopic (exact) mass is 386 g/mol. The van der Waals surface area contributed by atoms with Crippen LogP contribution < -0.4 is 5.32 Å². The minimum absolute atomic E-state index is 0.0986. The summed E-state index contributed by atoms with van der Waals surface area (Å²) in [5, 5.41) is 3.63. The van der Waals surface area contributed by atoms with Crippen LogP contribution >= 0.6 is 21.0 Å². The number of rotatable bonds is 7. The third kappa shape index (κ3) is 4.84. The van der Waals surface area contributed by atoms with E-state index in [4.69, 9.17) is 11.6 Å². The maximum absolute atomic E-state index is 14.4. The number of likely N-dealkylation sites (N-methyl/N-ethyl adjacent to an activating group) is 1. The molecule has 0 saturated heterocycles. The van der Waals surface area contributed by atoms with Crippen LogP contribution in [0.4, 0.5) is 14.6 Å². The number of allylic oxidation sites excluding steroid dienone is 1. The first-order valence-electron chi connectivity index (χ1n) is 7.93. The Bertz CT molecular complexity index is 796. The highest BCUT2D eigenvalue weighted by molar-refractivity contribution is 7.13. The summed E-state index contributed by atoms with van der Waals surface area (Å²) < 4.78 is 30.0. The number of benzene rings is 1. The fraction of sp³-hybridized carbons (Fsp3) is 0.412. The second-order valence-corrected chi connectivity index (χ2v) is 7.68. The molecule has 1 aromatic carbocycles. The van der Waals surface area contributed by atoms with Crippen LogP contribution in [0, 0.1) is 17.8 Å². The van der Waals surface area contributed by atoms with Crippen molar-refractivity contribution in [3.05, 3.63) is 35.1 Å². The Kier molecular flexibility index (Phi) is 6.66. The van der Waals surface area contributed by atoms with E-state index >= 15 is 0 Å². The molecular formula is C17H22ClF2N4P. The summed E-state index contributed by atoms with van der Waals surface area (Å²) in [4.78, 5) is 7.46. The van der Waals surface area contributed by atoms with Gasteiger partial charge in [-0.3, -0.25) is 4.67 Å². The molecule has 0 saturated carbocycles. The maximum Gasteiger partial charge on any atom is 0.311 e. The van der Waals surface area contributed by atoms with E-state index in [2.05, 4.69) is 45.1 Å². The Hall–Kier alpha value is -1.36. The number of nitrogens with zero attached hydrogens (tertiary/aromatic N) is 3. The Morgan fingerprint density at radius 3 is 2.68 bits per heavy atom. The van der Waals surface area contributed by atoms with E-state index in [1.807, 2.05) is 11.7 Å². The van der Waals surface area contributed by atoms with E-state index in [1.54, 1.807) is 0 Å². The van der Waals surface area contributed by atoms with Gasteiger partial charge in [-0.15, -0.1) is 0 Å². The van der Waals surface area contributed by atoms with Crippen LogP contribution in [-0.4, -0.2) is 34.8 Å². The summed E-state index contributed by atoms with van der Waals surface area (Å²) in [5.74, 6) is -0.128. The third-order valence-corrected chi connectivity index (χ3v) is 4.17. The molecule has 0 aliphatic carbocycles. The predicted molar refractivity (Wildman–Crippen MR) is 104 cm³/mol. The van der Waals surface area contributed by atoms with E-state index in [-0.39, 0.29) is 16.4 Å². The highest BCUT2D eigenvalue weighted by Gasteiger charge is 2.20. The summed E-state index contributed by atoms with van der Waals surface area (Å²) in [7, 11) is 4.42. The van der Waals surface area contributed by atoms with Gasteiger partial charge in [0.15, 0.2) is 5.82 Å². The van der Waals surface area contributed by atoms with Crippen molar-refractivity contribution in [3.63, 3.8) is 0 Å². The van der Waals surface area contributed by atoms with Crippen LogP contribution in [-0.2, 0) is 0 Å². The van der Waals surface area contributed by atoms with Crippen molar-refractivity contribution in [2.75, 3.05) is 25.5 Å². The smallest absolute Gasteiger partial charge is 0.311 e. The number of hydrogen-bond donors (Lipinski definition) is 1. The Labute approximate surface area is 153 Å². The molecule has 0 bridgehead atoms. The normalized spacial score (nSPS) is 11.6. The Morgan fingerprint density at radius 2 is 2.08 bits per heavy atom. The van der Waals surface area contributed by atoms with Gasteiger partial charge < -0.3 is 5.32 Å². The zero-order valence-corrected chi connectivity index (χ0v) is 16.4. The third-order valence-electron chi connectivity index (χ3n) is 3.62. The molecule has 0 aliphatic heterocycles. The minimum atomic E-state index is -0.990. The molecule has 1 unspecified atom stereocenters. The maximum atomic E-state index is 14.4. The number of fused-ring (bicyclic) bond motifs is 1. The van der Waals surface area contributed by atoms with Crippen molar-refractivity contribution in [3.8, 4) is 0 Å². The molecule has 1 aromatic heterocycles. The molecule has 0 aliphatic rings. The quantitative estimate of drug-likeness (QED) is 0.550. The van der Waals surface area contributed by atoms with E-state index in [0.29, 0.717) is 36.4 Å². The molecule has 136 valence electrons. The molecule has 0 radical (unpaired) electrons. The van der Waals surface area contributed by atoms with Crippen LogP contribution in [0.1, 0.15) is 25.8 Å². The molecule has 0 amide bonds. The minimum Gasteiger partial charge on any atom is -0.368 e. The highest BCUT2D eigenvalue weighted by Crippen LogP contribution is 2.38. The molecule has 2 aromatic rings. The van der Waals surface area contributed by atoms with Gasteiger partial charge >= 0.3 is 6.08 Å². The summed E-state index contributed by atoms with van der Waals surface area (Å²) in [6.45, 7) is 9.35. The average Bonchev–Trinajstić information content (AvgIpc) is 2.47. The molecule has 0 spiro atoms. The molecular weight excluding hydrogens is 365 g/mol. The van der Waals surface area contributed by atoms with Crippen LogP contribution in [0.15, 0.2) is 12.6 Å². The van der Waals surface area contributed by atoms with Crippen molar-refractivity contribution in [2.45, 2.75) is 20.3 Å². The average molecular weight is 387 g/mol. The van der Waals surface area contributed by atoms with Gasteiger partial charge in [0, 0.05) is 18.7 Å². The van der Waals surface area contributed by atoms with Crippen molar-refractivity contribution in [1.29, 1.82) is 0 Å². The topological polar surface area (TPSA) is 41.1 Å². The van der Waals surface area contributed by atoms with Crippen molar-refractivity contribution in [1.82, 2.24) is 14.6 Å². The number of halogens is 3. The van der Waals surface area contributed by atoms with E-state index in [9.17, 15) is 8.78 Å². The Morgan fingerprint density at radius 1 is 1.40 bits per heavy atom. The first-order chi connectivity index (χ1) is 11.7.